The zero-order valence-electron chi connectivity index (χ0n) is 18.7. The highest BCUT2D eigenvalue weighted by molar-refractivity contribution is 6.38. The van der Waals surface area contributed by atoms with Gasteiger partial charge in [-0.25, -0.2) is 0 Å². The summed E-state index contributed by atoms with van der Waals surface area (Å²) >= 11 is 0. The molecule has 0 saturated carbocycles. The Hall–Kier alpha value is -3.03. The predicted octanol–water partition coefficient (Wildman–Crippen LogP) is 1.90. The highest BCUT2D eigenvalue weighted by atomic mass is 16.4. The minimum absolute atomic E-state index is 0.0678. The van der Waals surface area contributed by atoms with Gasteiger partial charge in [-0.3, -0.25) is 24.0 Å². The summed E-state index contributed by atoms with van der Waals surface area (Å²) in [6.07, 6.45) is 0.329. The Balaban J connectivity index is 2.78. The normalized spacial score (nSPS) is 14.1. The summed E-state index contributed by atoms with van der Waals surface area (Å²) in [4.78, 5) is 61.1. The first-order valence-corrected chi connectivity index (χ1v) is 10.3. The number of benzene rings is 1. The molecule has 2 amide bonds. The summed E-state index contributed by atoms with van der Waals surface area (Å²) in [6, 6.07) is 6.90. The molecule has 0 aliphatic heterocycles. The molecule has 0 heterocycles. The molecule has 0 radical (unpaired) electrons. The summed E-state index contributed by atoms with van der Waals surface area (Å²) < 4.78 is 0. The van der Waals surface area contributed by atoms with Crippen molar-refractivity contribution in [3.05, 3.63) is 35.9 Å². The largest absolute Gasteiger partial charge is 0.481 e. The van der Waals surface area contributed by atoms with Crippen LogP contribution in [0, 0.1) is 11.3 Å². The van der Waals surface area contributed by atoms with Crippen molar-refractivity contribution in [1.82, 2.24) is 10.6 Å². The molecular weight excluding hydrogens is 400 g/mol. The van der Waals surface area contributed by atoms with E-state index in [4.69, 9.17) is 0 Å². The number of nitrogens with one attached hydrogen (secondary N) is 2. The summed E-state index contributed by atoms with van der Waals surface area (Å²) in [5, 5.41) is 14.2. The van der Waals surface area contributed by atoms with E-state index in [1.807, 2.05) is 13.0 Å². The lowest BCUT2D eigenvalue weighted by Crippen LogP contribution is -2.52. The molecule has 3 atom stereocenters. The van der Waals surface area contributed by atoms with E-state index in [-0.39, 0.29) is 18.8 Å². The maximum absolute atomic E-state index is 12.7. The van der Waals surface area contributed by atoms with E-state index in [2.05, 4.69) is 10.6 Å². The first-order valence-electron chi connectivity index (χ1n) is 10.3. The zero-order valence-corrected chi connectivity index (χ0v) is 18.7. The van der Waals surface area contributed by atoms with E-state index in [9.17, 15) is 29.1 Å². The van der Waals surface area contributed by atoms with Crippen molar-refractivity contribution in [3.63, 3.8) is 0 Å². The lowest BCUT2D eigenvalue weighted by molar-refractivity contribution is -0.150. The van der Waals surface area contributed by atoms with Gasteiger partial charge in [-0.1, -0.05) is 50.6 Å². The van der Waals surface area contributed by atoms with Crippen LogP contribution in [0.15, 0.2) is 30.3 Å². The second-order valence-electron chi connectivity index (χ2n) is 8.48. The number of carbonyl (C=O) groups is 5. The maximum Gasteiger partial charge on any atom is 0.309 e. The highest BCUT2D eigenvalue weighted by Crippen LogP contribution is 2.23. The molecule has 1 aromatic carbocycles. The van der Waals surface area contributed by atoms with E-state index in [1.165, 1.54) is 20.8 Å². The van der Waals surface area contributed by atoms with Gasteiger partial charge >= 0.3 is 5.97 Å². The number of amides is 2. The summed E-state index contributed by atoms with van der Waals surface area (Å²) in [7, 11) is 0. The molecule has 0 aliphatic carbocycles. The Labute approximate surface area is 182 Å². The van der Waals surface area contributed by atoms with E-state index in [1.54, 1.807) is 31.2 Å². The van der Waals surface area contributed by atoms with Crippen molar-refractivity contribution in [2.75, 3.05) is 0 Å². The van der Waals surface area contributed by atoms with E-state index in [0.717, 1.165) is 5.56 Å². The average Bonchev–Trinajstić information content (AvgIpc) is 2.70. The number of aliphatic carboxylic acids is 1. The number of Topliss-reactive ketones (excluding diaryl/α,β-unsaturated/α-hetero) is 2. The standard InChI is InChI=1S/C23H32N2O6/c1-6-14(2)19(17(26)13-23(4,5)22(30)31)25-21(29)20(28)15(3)24-18(27)12-16-10-8-7-9-11-16/h7-11,14-15,19H,6,12-13H2,1-5H3,(H,24,27)(H,25,29)(H,30,31). The third kappa shape index (κ3) is 7.96. The van der Waals surface area contributed by atoms with Crippen molar-refractivity contribution in [1.29, 1.82) is 0 Å². The van der Waals surface area contributed by atoms with Crippen molar-refractivity contribution < 1.29 is 29.1 Å². The zero-order chi connectivity index (χ0) is 23.8. The lowest BCUT2D eigenvalue weighted by Gasteiger charge is -2.27. The molecule has 170 valence electrons. The van der Waals surface area contributed by atoms with Gasteiger partial charge in [0.05, 0.1) is 23.9 Å². The van der Waals surface area contributed by atoms with Gasteiger partial charge in [0, 0.05) is 6.42 Å². The van der Waals surface area contributed by atoms with Crippen LogP contribution >= 0.6 is 0 Å². The van der Waals surface area contributed by atoms with Crippen LogP contribution in [0.3, 0.4) is 0 Å². The quantitative estimate of drug-likeness (QED) is 0.433. The number of carbonyl (C=O) groups excluding carboxylic acids is 4. The van der Waals surface area contributed by atoms with Crippen LogP contribution in [-0.2, 0) is 30.4 Å². The molecule has 0 fully saturated rings. The van der Waals surface area contributed by atoms with Crippen LogP contribution < -0.4 is 10.6 Å². The minimum Gasteiger partial charge on any atom is -0.481 e. The molecule has 0 saturated heterocycles. The summed E-state index contributed by atoms with van der Waals surface area (Å²) in [6.45, 7) is 7.83. The van der Waals surface area contributed by atoms with Crippen molar-refractivity contribution in [3.8, 4) is 0 Å². The SMILES string of the molecule is CCC(C)C(NC(=O)C(=O)C(C)NC(=O)Cc1ccccc1)C(=O)CC(C)(C)C(=O)O. The molecule has 0 bridgehead atoms. The molecule has 3 unspecified atom stereocenters. The topological polar surface area (TPSA) is 130 Å². The molecule has 1 aromatic rings. The van der Waals surface area contributed by atoms with Gasteiger partial charge in [0.15, 0.2) is 5.78 Å². The Kier molecular flexibility index (Phi) is 9.55. The van der Waals surface area contributed by atoms with Gasteiger partial charge in [-0.15, -0.1) is 0 Å². The first kappa shape index (κ1) is 26.0. The fraction of sp³-hybridized carbons (Fsp3) is 0.522. The maximum atomic E-state index is 12.7. The predicted molar refractivity (Wildman–Crippen MR) is 115 cm³/mol. The van der Waals surface area contributed by atoms with Gasteiger partial charge in [0.1, 0.15) is 0 Å². The molecule has 31 heavy (non-hydrogen) atoms. The fourth-order valence-corrected chi connectivity index (χ4v) is 2.95. The van der Waals surface area contributed by atoms with Crippen LogP contribution in [0.1, 0.15) is 53.0 Å². The molecule has 8 nitrogen and oxygen atoms in total. The Morgan fingerprint density at radius 2 is 1.58 bits per heavy atom. The van der Waals surface area contributed by atoms with Crippen LogP contribution in [0.2, 0.25) is 0 Å². The third-order valence-corrected chi connectivity index (χ3v) is 5.24. The third-order valence-electron chi connectivity index (χ3n) is 5.24. The number of carboxylic acid groups (broad SMARTS) is 1. The Bertz CT molecular complexity index is 819. The molecular formula is C23H32N2O6. The monoisotopic (exact) mass is 432 g/mol. The van der Waals surface area contributed by atoms with E-state index in [0.29, 0.717) is 6.42 Å². The Morgan fingerprint density at radius 3 is 2.10 bits per heavy atom. The van der Waals surface area contributed by atoms with Crippen molar-refractivity contribution in [2.24, 2.45) is 11.3 Å². The second-order valence-corrected chi connectivity index (χ2v) is 8.48. The highest BCUT2D eigenvalue weighted by Gasteiger charge is 2.36. The molecule has 0 spiro atoms. The minimum atomic E-state index is -1.30. The van der Waals surface area contributed by atoms with Crippen LogP contribution in [0.4, 0.5) is 0 Å². The van der Waals surface area contributed by atoms with Gasteiger partial charge in [-0.05, 0) is 32.3 Å². The molecule has 0 aromatic heterocycles. The summed E-state index contributed by atoms with van der Waals surface area (Å²) in [5.74, 6) is -4.14. The van der Waals surface area contributed by atoms with E-state index >= 15 is 0 Å². The van der Waals surface area contributed by atoms with Crippen molar-refractivity contribution >= 4 is 29.4 Å². The fourth-order valence-electron chi connectivity index (χ4n) is 2.95. The van der Waals surface area contributed by atoms with Gasteiger partial charge in [0.25, 0.3) is 5.91 Å². The van der Waals surface area contributed by atoms with E-state index < -0.39 is 46.8 Å². The number of carboxylic acids is 1. The lowest BCUT2D eigenvalue weighted by atomic mass is 9.82. The number of hydrogen-bond acceptors (Lipinski definition) is 5. The van der Waals surface area contributed by atoms with Gasteiger partial charge in [-0.2, -0.15) is 0 Å². The number of rotatable bonds is 12. The first-order chi connectivity index (χ1) is 14.4. The molecule has 0 aliphatic rings. The Morgan fingerprint density at radius 1 is 1.00 bits per heavy atom. The van der Waals surface area contributed by atoms with Gasteiger partial charge in [0.2, 0.25) is 11.7 Å². The summed E-state index contributed by atoms with van der Waals surface area (Å²) in [5.41, 5.74) is -0.524. The van der Waals surface area contributed by atoms with Crippen molar-refractivity contribution in [2.45, 2.75) is 66.0 Å². The van der Waals surface area contributed by atoms with Crippen LogP contribution in [-0.4, -0.2) is 46.5 Å². The molecule has 8 heteroatoms. The number of ketones is 2. The second kappa shape index (κ2) is 11.4. The molecule has 1 rings (SSSR count). The average molecular weight is 433 g/mol. The van der Waals surface area contributed by atoms with Gasteiger partial charge < -0.3 is 15.7 Å². The van der Waals surface area contributed by atoms with Crippen LogP contribution in [0.5, 0.6) is 0 Å². The smallest absolute Gasteiger partial charge is 0.309 e. The molecule has 3 N–H and O–H groups in total. The number of hydrogen-bond donors (Lipinski definition) is 3. The van der Waals surface area contributed by atoms with Crippen LogP contribution in [0.25, 0.3) is 0 Å².